The molecule has 0 bridgehead atoms. The maximum Gasteiger partial charge on any atom is 0.373 e. The Labute approximate surface area is 186 Å². The summed E-state index contributed by atoms with van der Waals surface area (Å²) in [5, 5.41) is 13.9. The minimum absolute atomic E-state index is 0.0193. The number of ether oxygens (including phenoxy) is 3. The molecule has 1 fully saturated rings. The van der Waals surface area contributed by atoms with E-state index in [-0.39, 0.29) is 47.4 Å². The van der Waals surface area contributed by atoms with Gasteiger partial charge in [-0.05, 0) is 29.8 Å². The fraction of sp³-hybridized carbons (Fsp3) is 0.190. The number of methoxy groups -OCH3 is 2. The summed E-state index contributed by atoms with van der Waals surface area (Å²) >= 11 is 0. The number of nitrogens with one attached hydrogen (secondary N) is 1. The van der Waals surface area contributed by atoms with Gasteiger partial charge in [0.25, 0.3) is 5.91 Å². The molecule has 1 aromatic heterocycles. The van der Waals surface area contributed by atoms with Gasteiger partial charge in [0.2, 0.25) is 11.5 Å². The number of benzene rings is 1. The van der Waals surface area contributed by atoms with Gasteiger partial charge in [0.15, 0.2) is 5.75 Å². The van der Waals surface area contributed by atoms with Crippen LogP contribution >= 0.6 is 0 Å². The smallest absolute Gasteiger partial charge is 0.373 e. The number of nitro groups is 1. The van der Waals surface area contributed by atoms with Crippen LogP contribution in [0.3, 0.4) is 0 Å². The molecule has 1 aliphatic heterocycles. The van der Waals surface area contributed by atoms with Crippen LogP contribution in [0.25, 0.3) is 6.08 Å². The minimum Gasteiger partial charge on any atom is -0.493 e. The molecule has 1 aromatic carbocycles. The van der Waals surface area contributed by atoms with Crippen molar-refractivity contribution in [2.75, 3.05) is 20.8 Å². The van der Waals surface area contributed by atoms with Crippen molar-refractivity contribution >= 4 is 29.7 Å². The van der Waals surface area contributed by atoms with Gasteiger partial charge in [0, 0.05) is 6.07 Å². The molecule has 33 heavy (non-hydrogen) atoms. The van der Waals surface area contributed by atoms with E-state index >= 15 is 0 Å². The van der Waals surface area contributed by atoms with E-state index in [4.69, 9.17) is 20.3 Å². The highest BCUT2D eigenvalue weighted by atomic mass is 16.6. The van der Waals surface area contributed by atoms with E-state index in [0.717, 1.165) is 11.0 Å². The zero-order chi connectivity index (χ0) is 24.1. The lowest BCUT2D eigenvalue weighted by atomic mass is 10.1. The minimum atomic E-state index is -0.738. The molecule has 1 saturated heterocycles. The summed E-state index contributed by atoms with van der Waals surface area (Å²) in [5.41, 5.74) is -0.368. The number of hydrogen-bond acceptors (Lipinski definition) is 9. The number of carbonyl (C=O) groups excluding carboxylic acids is 3. The third-order valence-electron chi connectivity index (χ3n) is 4.41. The van der Waals surface area contributed by atoms with Gasteiger partial charge in [-0.1, -0.05) is 5.92 Å². The normalized spacial score (nSPS) is 14.1. The van der Waals surface area contributed by atoms with Crippen molar-refractivity contribution in [3.05, 3.63) is 57.2 Å². The predicted molar refractivity (Wildman–Crippen MR) is 111 cm³/mol. The summed E-state index contributed by atoms with van der Waals surface area (Å²) in [7, 11) is 2.47. The van der Waals surface area contributed by atoms with Crippen molar-refractivity contribution in [3.63, 3.8) is 0 Å². The lowest BCUT2D eigenvalue weighted by Crippen LogP contribution is -2.30. The first kappa shape index (κ1) is 22.9. The zero-order valence-electron chi connectivity index (χ0n) is 17.4. The number of imide groups is 1. The lowest BCUT2D eigenvalue weighted by molar-refractivity contribution is -0.385. The first-order valence-electron chi connectivity index (χ1n) is 9.23. The second kappa shape index (κ2) is 9.56. The summed E-state index contributed by atoms with van der Waals surface area (Å²) in [5.74, 6) is 0.752. The molecule has 170 valence electrons. The molecular weight excluding hydrogens is 438 g/mol. The number of hydrogen-bond donors (Lipinski definition) is 1. The number of esters is 1. The second-order valence-corrected chi connectivity index (χ2v) is 6.46. The van der Waals surface area contributed by atoms with Crippen LogP contribution in [-0.2, 0) is 16.1 Å². The maximum atomic E-state index is 12.7. The third kappa shape index (κ3) is 4.77. The number of amides is 3. The molecule has 0 saturated carbocycles. The van der Waals surface area contributed by atoms with Gasteiger partial charge in [-0.3, -0.25) is 19.8 Å². The average molecular weight is 455 g/mol. The molecule has 2 heterocycles. The Kier molecular flexibility index (Phi) is 6.63. The number of urea groups is 1. The Balaban J connectivity index is 1.88. The molecule has 3 rings (SSSR count). The highest BCUT2D eigenvalue weighted by Gasteiger charge is 2.35. The van der Waals surface area contributed by atoms with Gasteiger partial charge in [-0.15, -0.1) is 6.42 Å². The summed E-state index contributed by atoms with van der Waals surface area (Å²) < 4.78 is 20.2. The van der Waals surface area contributed by atoms with Crippen molar-refractivity contribution in [1.82, 2.24) is 10.2 Å². The lowest BCUT2D eigenvalue weighted by Gasteiger charge is -2.10. The largest absolute Gasteiger partial charge is 0.493 e. The molecule has 12 nitrogen and oxygen atoms in total. The zero-order valence-corrected chi connectivity index (χ0v) is 17.4. The number of nitro benzene ring substituents is 1. The highest BCUT2D eigenvalue weighted by Crippen LogP contribution is 2.39. The molecule has 0 spiro atoms. The van der Waals surface area contributed by atoms with Crippen LogP contribution in [0.15, 0.2) is 34.4 Å². The average Bonchev–Trinajstić information content (AvgIpc) is 3.37. The van der Waals surface area contributed by atoms with Crippen LogP contribution in [0.1, 0.15) is 21.9 Å². The predicted octanol–water partition coefficient (Wildman–Crippen LogP) is 2.09. The van der Waals surface area contributed by atoms with Crippen LogP contribution in [0, 0.1) is 22.5 Å². The van der Waals surface area contributed by atoms with Crippen molar-refractivity contribution in [2.45, 2.75) is 6.54 Å². The molecule has 0 atom stereocenters. The van der Waals surface area contributed by atoms with Crippen LogP contribution in [0.5, 0.6) is 11.5 Å². The van der Waals surface area contributed by atoms with Crippen LogP contribution in [0.4, 0.5) is 10.5 Å². The van der Waals surface area contributed by atoms with Crippen LogP contribution in [-0.4, -0.2) is 48.6 Å². The van der Waals surface area contributed by atoms with Gasteiger partial charge in [-0.25, -0.2) is 9.59 Å². The molecule has 12 heteroatoms. The number of terminal acetylenes is 1. The van der Waals surface area contributed by atoms with Gasteiger partial charge in [-0.2, -0.15) is 0 Å². The third-order valence-corrected chi connectivity index (χ3v) is 4.41. The second-order valence-electron chi connectivity index (χ2n) is 6.46. The summed E-state index contributed by atoms with van der Waals surface area (Å²) in [6.45, 7) is -0.465. The number of nitrogens with zero attached hydrogens (tertiary/aromatic N) is 2. The Hall–Kier alpha value is -4.79. The fourth-order valence-corrected chi connectivity index (χ4v) is 2.95. The molecule has 0 unspecified atom stereocenters. The molecule has 2 aromatic rings. The Morgan fingerprint density at radius 2 is 2.09 bits per heavy atom. The van der Waals surface area contributed by atoms with E-state index in [2.05, 4.69) is 16.0 Å². The summed E-state index contributed by atoms with van der Waals surface area (Å²) in [6.07, 6.45) is 6.40. The molecule has 0 aliphatic carbocycles. The van der Waals surface area contributed by atoms with Crippen molar-refractivity contribution in [1.29, 1.82) is 0 Å². The van der Waals surface area contributed by atoms with Gasteiger partial charge in [0.05, 0.1) is 25.7 Å². The highest BCUT2D eigenvalue weighted by molar-refractivity contribution is 6.13. The fourth-order valence-electron chi connectivity index (χ4n) is 2.95. The summed E-state index contributed by atoms with van der Waals surface area (Å²) in [6, 6.07) is 4.59. The van der Waals surface area contributed by atoms with Crippen molar-refractivity contribution in [3.8, 4) is 23.8 Å². The molecule has 1 aliphatic rings. The molecule has 3 amide bonds. The molecule has 0 radical (unpaired) electrons. The molecule has 1 N–H and O–H groups in total. The quantitative estimate of drug-likeness (QED) is 0.158. The maximum absolute atomic E-state index is 12.7. The number of rotatable bonds is 8. The van der Waals surface area contributed by atoms with Gasteiger partial charge < -0.3 is 23.9 Å². The van der Waals surface area contributed by atoms with Gasteiger partial charge in [0.1, 0.15) is 18.1 Å². The van der Waals surface area contributed by atoms with Crippen molar-refractivity contribution < 1.29 is 37.9 Å². The Bertz CT molecular complexity index is 1210. The first-order valence-corrected chi connectivity index (χ1v) is 9.23. The van der Waals surface area contributed by atoms with Crippen LogP contribution < -0.4 is 14.8 Å². The van der Waals surface area contributed by atoms with E-state index in [1.807, 2.05) is 0 Å². The first-order chi connectivity index (χ1) is 15.8. The number of furan rings is 1. The van der Waals surface area contributed by atoms with Crippen molar-refractivity contribution in [2.24, 2.45) is 0 Å². The standard InChI is InChI=1S/C21H17N3O9/c1-4-7-32-18-15(24(28)29)9-12(10-17(18)30-2)8-14-19(25)23(21(27)22-14)11-13-5-6-16(33-13)20(26)31-3/h1,5-6,8-10H,7,11H2,2-3H3,(H,22,27). The van der Waals surface area contributed by atoms with E-state index < -0.39 is 28.5 Å². The van der Waals surface area contributed by atoms with Crippen LogP contribution in [0.2, 0.25) is 0 Å². The van der Waals surface area contributed by atoms with E-state index in [9.17, 15) is 24.5 Å². The Morgan fingerprint density at radius 3 is 2.73 bits per heavy atom. The SMILES string of the molecule is C#CCOc1c(OC)cc(C=C2NC(=O)N(Cc3ccc(C(=O)OC)o3)C2=O)cc1[N+](=O)[O-]. The van der Waals surface area contributed by atoms with E-state index in [1.165, 1.54) is 38.5 Å². The number of carbonyl (C=O) groups is 3. The monoisotopic (exact) mass is 455 g/mol. The Morgan fingerprint density at radius 1 is 1.33 bits per heavy atom. The summed E-state index contributed by atoms with van der Waals surface area (Å²) in [4.78, 5) is 48.2. The van der Waals surface area contributed by atoms with E-state index in [0.29, 0.717) is 0 Å². The molecular formula is C21H17N3O9. The topological polar surface area (TPSA) is 150 Å². The van der Waals surface area contributed by atoms with Gasteiger partial charge >= 0.3 is 17.7 Å². The van der Waals surface area contributed by atoms with E-state index in [1.54, 1.807) is 0 Å².